The number of hydrogen-bond donors (Lipinski definition) is 4. The Morgan fingerprint density at radius 3 is 2.50 bits per heavy atom. The monoisotopic (exact) mass is 362 g/mol. The number of aromatic hydroxyl groups is 3. The predicted molar refractivity (Wildman–Crippen MR) is 93.3 cm³/mol. The minimum absolute atomic E-state index is 0.0319. The van der Waals surface area contributed by atoms with E-state index in [2.05, 4.69) is 10.5 Å². The average molecular weight is 363 g/mol. The quantitative estimate of drug-likeness (QED) is 0.423. The molecule has 24 heavy (non-hydrogen) atoms. The van der Waals surface area contributed by atoms with Gasteiger partial charge in [-0.15, -0.1) is 11.3 Å². The molecule has 6 nitrogen and oxygen atoms in total. The molecule has 0 saturated carbocycles. The lowest BCUT2D eigenvalue weighted by Gasteiger charge is -2.03. The van der Waals surface area contributed by atoms with E-state index in [0.29, 0.717) is 9.90 Å². The van der Waals surface area contributed by atoms with Gasteiger partial charge in [-0.2, -0.15) is 5.10 Å². The van der Waals surface area contributed by atoms with Gasteiger partial charge in [-0.1, -0.05) is 29.8 Å². The van der Waals surface area contributed by atoms with Gasteiger partial charge in [0.1, 0.15) is 22.1 Å². The Bertz CT molecular complexity index is 945. The summed E-state index contributed by atoms with van der Waals surface area (Å²) in [5, 5.41) is 33.4. The number of nitrogens with one attached hydrogen (secondary N) is 1. The third kappa shape index (κ3) is 2.99. The fraction of sp³-hybridized carbons (Fsp3) is 0. The third-order valence-electron chi connectivity index (χ3n) is 3.22. The molecule has 3 rings (SSSR count). The summed E-state index contributed by atoms with van der Waals surface area (Å²) < 4.78 is 0.880. The Morgan fingerprint density at radius 1 is 1.17 bits per heavy atom. The predicted octanol–water partition coefficient (Wildman–Crippen LogP) is 3.44. The van der Waals surface area contributed by atoms with Gasteiger partial charge >= 0.3 is 0 Å². The maximum Gasteiger partial charge on any atom is 0.283 e. The molecule has 1 heterocycles. The van der Waals surface area contributed by atoms with E-state index in [4.69, 9.17) is 11.6 Å². The fourth-order valence-corrected chi connectivity index (χ4v) is 3.51. The van der Waals surface area contributed by atoms with E-state index < -0.39 is 5.91 Å². The molecule has 0 aliphatic carbocycles. The van der Waals surface area contributed by atoms with Gasteiger partial charge in [-0.25, -0.2) is 5.43 Å². The molecule has 0 bridgehead atoms. The SMILES string of the molecule is O=C(N/N=C/c1c(O)cc(O)cc1O)c1sc2ccccc2c1Cl. The molecular formula is C16H11ClN2O4S. The van der Waals surface area contributed by atoms with Crippen LogP contribution in [-0.4, -0.2) is 27.4 Å². The van der Waals surface area contributed by atoms with E-state index in [1.165, 1.54) is 11.3 Å². The molecule has 0 saturated heterocycles. The zero-order valence-corrected chi connectivity index (χ0v) is 13.6. The lowest BCUT2D eigenvalue weighted by atomic mass is 10.2. The molecule has 0 atom stereocenters. The van der Waals surface area contributed by atoms with Gasteiger partial charge in [0.15, 0.2) is 0 Å². The first kappa shape index (κ1) is 16.1. The normalized spacial score (nSPS) is 11.2. The van der Waals surface area contributed by atoms with Crippen molar-refractivity contribution in [2.75, 3.05) is 0 Å². The van der Waals surface area contributed by atoms with Gasteiger partial charge in [0, 0.05) is 22.2 Å². The van der Waals surface area contributed by atoms with Crippen LogP contribution in [0.25, 0.3) is 10.1 Å². The first-order valence-electron chi connectivity index (χ1n) is 6.72. The summed E-state index contributed by atoms with van der Waals surface area (Å²) in [6.45, 7) is 0. The molecule has 0 aliphatic rings. The number of carbonyl (C=O) groups excluding carboxylic acids is 1. The summed E-state index contributed by atoms with van der Waals surface area (Å²) in [6, 6.07) is 9.46. The van der Waals surface area contributed by atoms with Gasteiger partial charge in [0.25, 0.3) is 5.91 Å². The number of halogens is 1. The Labute approximate surface area is 145 Å². The standard InChI is InChI=1S/C16H11ClN2O4S/c17-14-9-3-1-2-4-13(9)24-15(14)16(23)19-18-7-10-11(21)5-8(20)6-12(10)22/h1-7,20-22H,(H,19,23)/b18-7+. The first-order valence-corrected chi connectivity index (χ1v) is 7.92. The molecule has 2 aromatic carbocycles. The van der Waals surface area contributed by atoms with Crippen molar-refractivity contribution in [1.29, 1.82) is 0 Å². The van der Waals surface area contributed by atoms with Crippen molar-refractivity contribution in [2.24, 2.45) is 5.10 Å². The van der Waals surface area contributed by atoms with Crippen molar-refractivity contribution in [2.45, 2.75) is 0 Å². The maximum absolute atomic E-state index is 12.2. The lowest BCUT2D eigenvalue weighted by molar-refractivity contribution is 0.0959. The summed E-state index contributed by atoms with van der Waals surface area (Å²) in [5.41, 5.74) is 2.26. The molecule has 0 unspecified atom stereocenters. The first-order chi connectivity index (χ1) is 11.5. The van der Waals surface area contributed by atoms with Crippen molar-refractivity contribution in [3.8, 4) is 17.2 Å². The molecule has 3 aromatic rings. The molecular weight excluding hydrogens is 352 g/mol. The Hall–Kier alpha value is -2.77. The van der Waals surface area contributed by atoms with Crippen LogP contribution in [0.5, 0.6) is 17.2 Å². The average Bonchev–Trinajstić information content (AvgIpc) is 2.87. The van der Waals surface area contributed by atoms with Crippen LogP contribution in [0.4, 0.5) is 0 Å². The number of thiophene rings is 1. The summed E-state index contributed by atoms with van der Waals surface area (Å²) in [6.07, 6.45) is 1.07. The number of phenols is 3. The highest BCUT2D eigenvalue weighted by Crippen LogP contribution is 2.35. The minimum atomic E-state index is -0.504. The lowest BCUT2D eigenvalue weighted by Crippen LogP contribution is -2.16. The van der Waals surface area contributed by atoms with Gasteiger partial charge in [-0.3, -0.25) is 4.79 Å². The molecule has 4 N–H and O–H groups in total. The Balaban J connectivity index is 1.81. The van der Waals surface area contributed by atoms with Crippen LogP contribution < -0.4 is 5.43 Å². The smallest absolute Gasteiger partial charge is 0.283 e. The topological polar surface area (TPSA) is 102 Å². The van der Waals surface area contributed by atoms with Crippen LogP contribution in [0.3, 0.4) is 0 Å². The molecule has 122 valence electrons. The van der Waals surface area contributed by atoms with Crippen molar-refractivity contribution in [1.82, 2.24) is 5.43 Å². The molecule has 1 aromatic heterocycles. The minimum Gasteiger partial charge on any atom is -0.508 e. The second-order valence-electron chi connectivity index (χ2n) is 4.84. The van der Waals surface area contributed by atoms with Crippen molar-refractivity contribution in [3.05, 3.63) is 51.9 Å². The molecule has 8 heteroatoms. The van der Waals surface area contributed by atoms with Crippen molar-refractivity contribution >= 4 is 45.1 Å². The number of rotatable bonds is 3. The molecule has 0 aliphatic heterocycles. The van der Waals surface area contributed by atoms with E-state index in [0.717, 1.165) is 28.4 Å². The van der Waals surface area contributed by atoms with E-state index in [9.17, 15) is 20.1 Å². The van der Waals surface area contributed by atoms with Gasteiger partial charge in [-0.05, 0) is 6.07 Å². The van der Waals surface area contributed by atoms with Crippen LogP contribution in [0.1, 0.15) is 15.2 Å². The number of carbonyl (C=O) groups is 1. The molecule has 1 amide bonds. The van der Waals surface area contributed by atoms with E-state index in [1.54, 1.807) is 0 Å². The number of fused-ring (bicyclic) bond motifs is 1. The summed E-state index contributed by atoms with van der Waals surface area (Å²) in [5.74, 6) is -1.53. The van der Waals surface area contributed by atoms with Gasteiger partial charge in [0.05, 0.1) is 16.8 Å². The summed E-state index contributed by atoms with van der Waals surface area (Å²) in [7, 11) is 0. The Kier molecular flexibility index (Phi) is 4.28. The van der Waals surface area contributed by atoms with Crippen molar-refractivity contribution in [3.63, 3.8) is 0 Å². The molecule has 0 spiro atoms. The van der Waals surface area contributed by atoms with Crippen LogP contribution >= 0.6 is 22.9 Å². The van der Waals surface area contributed by atoms with Crippen LogP contribution in [0.15, 0.2) is 41.5 Å². The highest BCUT2D eigenvalue weighted by Gasteiger charge is 2.16. The van der Waals surface area contributed by atoms with E-state index >= 15 is 0 Å². The number of phenolic OH excluding ortho intramolecular Hbond substituents is 3. The van der Waals surface area contributed by atoms with E-state index in [1.807, 2.05) is 24.3 Å². The van der Waals surface area contributed by atoms with Gasteiger partial charge in [0.2, 0.25) is 0 Å². The third-order valence-corrected chi connectivity index (χ3v) is 4.90. The number of nitrogens with zero attached hydrogens (tertiary/aromatic N) is 1. The molecule has 0 fully saturated rings. The summed E-state index contributed by atoms with van der Waals surface area (Å²) in [4.78, 5) is 12.5. The zero-order chi connectivity index (χ0) is 17.3. The number of amides is 1. The highest BCUT2D eigenvalue weighted by atomic mass is 35.5. The van der Waals surface area contributed by atoms with Crippen LogP contribution in [-0.2, 0) is 0 Å². The summed E-state index contributed by atoms with van der Waals surface area (Å²) >= 11 is 7.44. The second kappa shape index (κ2) is 6.38. The van der Waals surface area contributed by atoms with Crippen LogP contribution in [0.2, 0.25) is 5.02 Å². The number of benzene rings is 2. The zero-order valence-electron chi connectivity index (χ0n) is 12.0. The second-order valence-corrected chi connectivity index (χ2v) is 6.27. The largest absolute Gasteiger partial charge is 0.508 e. The Morgan fingerprint density at radius 2 is 1.83 bits per heavy atom. The highest BCUT2D eigenvalue weighted by molar-refractivity contribution is 7.21. The number of hydrazone groups is 1. The van der Waals surface area contributed by atoms with Crippen molar-refractivity contribution < 1.29 is 20.1 Å². The van der Waals surface area contributed by atoms with Gasteiger partial charge < -0.3 is 15.3 Å². The fourth-order valence-electron chi connectivity index (χ4n) is 2.11. The van der Waals surface area contributed by atoms with Crippen LogP contribution in [0, 0.1) is 0 Å². The number of hydrogen-bond acceptors (Lipinski definition) is 6. The maximum atomic E-state index is 12.2. The molecule has 0 radical (unpaired) electrons. The van der Waals surface area contributed by atoms with E-state index in [-0.39, 0.29) is 22.8 Å².